The normalized spacial score (nSPS) is 10.5. The van der Waals surface area contributed by atoms with Crippen molar-refractivity contribution in [3.8, 4) is 5.75 Å². The summed E-state index contributed by atoms with van der Waals surface area (Å²) in [6.45, 7) is 2.17. The number of hydrogen-bond donors (Lipinski definition) is 1. The first-order valence-corrected chi connectivity index (χ1v) is 5.60. The van der Waals surface area contributed by atoms with E-state index in [4.69, 9.17) is 14.2 Å². The highest BCUT2D eigenvalue weighted by Crippen LogP contribution is 2.16. The molecule has 0 fully saturated rings. The van der Waals surface area contributed by atoms with Crippen LogP contribution in [0.5, 0.6) is 5.75 Å². The first-order chi connectivity index (χ1) is 8.62. The minimum absolute atomic E-state index is 0.175. The van der Waals surface area contributed by atoms with Crippen molar-refractivity contribution in [3.05, 3.63) is 29.3 Å². The molecule has 1 aromatic carbocycles. The van der Waals surface area contributed by atoms with Crippen LogP contribution < -0.4 is 10.1 Å². The van der Waals surface area contributed by atoms with Crippen LogP contribution in [-0.2, 0) is 9.47 Å². The topological polar surface area (TPSA) is 56.8 Å². The Bertz CT molecular complexity index is 402. The molecule has 0 saturated heterocycles. The Balaban J connectivity index is 2.71. The van der Waals surface area contributed by atoms with Gasteiger partial charge in [-0.25, -0.2) is 0 Å². The lowest BCUT2D eigenvalue weighted by Crippen LogP contribution is -2.34. The molecular formula is C13H19NO4. The molecule has 0 aromatic heterocycles. The molecule has 0 heterocycles. The number of hydrogen-bond acceptors (Lipinski definition) is 4. The van der Waals surface area contributed by atoms with Gasteiger partial charge in [-0.15, -0.1) is 0 Å². The summed E-state index contributed by atoms with van der Waals surface area (Å²) in [6, 6.07) is 5.37. The highest BCUT2D eigenvalue weighted by atomic mass is 16.7. The van der Waals surface area contributed by atoms with Crippen molar-refractivity contribution in [2.45, 2.75) is 13.2 Å². The Morgan fingerprint density at radius 1 is 1.28 bits per heavy atom. The molecule has 1 rings (SSSR count). The lowest BCUT2D eigenvalue weighted by atomic mass is 10.1. The van der Waals surface area contributed by atoms with E-state index in [-0.39, 0.29) is 5.91 Å². The molecule has 0 aliphatic carbocycles. The summed E-state index contributed by atoms with van der Waals surface area (Å²) in [5.74, 6) is 0.478. The SMILES string of the molecule is COc1ccc(C)c(C(=O)NCC(OC)OC)c1. The Kier molecular flexibility index (Phi) is 5.61. The maximum Gasteiger partial charge on any atom is 0.251 e. The predicted octanol–water partition coefficient (Wildman–Crippen LogP) is 1.35. The van der Waals surface area contributed by atoms with Crippen molar-refractivity contribution in [3.63, 3.8) is 0 Å². The van der Waals surface area contributed by atoms with Gasteiger partial charge < -0.3 is 19.5 Å². The predicted molar refractivity (Wildman–Crippen MR) is 67.9 cm³/mol. The van der Waals surface area contributed by atoms with Gasteiger partial charge in [0.2, 0.25) is 0 Å². The van der Waals surface area contributed by atoms with E-state index >= 15 is 0 Å². The number of benzene rings is 1. The molecule has 0 atom stereocenters. The van der Waals surface area contributed by atoms with Gasteiger partial charge >= 0.3 is 0 Å². The molecule has 1 N–H and O–H groups in total. The lowest BCUT2D eigenvalue weighted by Gasteiger charge is -2.15. The maximum absolute atomic E-state index is 12.0. The number of carbonyl (C=O) groups is 1. The molecule has 1 amide bonds. The summed E-state index contributed by atoms with van der Waals surface area (Å²) in [5.41, 5.74) is 1.47. The molecule has 5 heteroatoms. The van der Waals surface area contributed by atoms with E-state index in [1.165, 1.54) is 14.2 Å². The fourth-order valence-corrected chi connectivity index (χ4v) is 1.51. The van der Waals surface area contributed by atoms with E-state index in [0.29, 0.717) is 17.9 Å². The monoisotopic (exact) mass is 253 g/mol. The largest absolute Gasteiger partial charge is 0.497 e. The van der Waals surface area contributed by atoms with E-state index in [1.807, 2.05) is 19.1 Å². The highest BCUT2D eigenvalue weighted by molar-refractivity contribution is 5.96. The number of nitrogens with one attached hydrogen (secondary N) is 1. The zero-order valence-corrected chi connectivity index (χ0v) is 11.1. The second kappa shape index (κ2) is 6.98. The van der Waals surface area contributed by atoms with Gasteiger partial charge in [0.05, 0.1) is 13.7 Å². The van der Waals surface area contributed by atoms with Crippen molar-refractivity contribution < 1.29 is 19.0 Å². The summed E-state index contributed by atoms with van der Waals surface area (Å²) in [4.78, 5) is 12.0. The van der Waals surface area contributed by atoms with Crippen LogP contribution in [0.1, 0.15) is 15.9 Å². The van der Waals surface area contributed by atoms with Crippen LogP contribution in [0.2, 0.25) is 0 Å². The van der Waals surface area contributed by atoms with Gasteiger partial charge in [0.1, 0.15) is 5.75 Å². The van der Waals surface area contributed by atoms with Gasteiger partial charge in [0.25, 0.3) is 5.91 Å². The van der Waals surface area contributed by atoms with Crippen molar-refractivity contribution in [2.24, 2.45) is 0 Å². The molecule has 0 unspecified atom stereocenters. The van der Waals surface area contributed by atoms with Crippen molar-refractivity contribution in [1.82, 2.24) is 5.32 Å². The van der Waals surface area contributed by atoms with E-state index in [1.54, 1.807) is 13.2 Å². The average Bonchev–Trinajstić information content (AvgIpc) is 2.40. The maximum atomic E-state index is 12.0. The zero-order chi connectivity index (χ0) is 13.5. The highest BCUT2D eigenvalue weighted by Gasteiger charge is 2.12. The number of aryl methyl sites for hydroxylation is 1. The van der Waals surface area contributed by atoms with Crippen LogP contribution in [0.25, 0.3) is 0 Å². The fourth-order valence-electron chi connectivity index (χ4n) is 1.51. The quantitative estimate of drug-likeness (QED) is 0.778. The van der Waals surface area contributed by atoms with Crippen molar-refractivity contribution in [1.29, 1.82) is 0 Å². The first-order valence-electron chi connectivity index (χ1n) is 5.60. The lowest BCUT2D eigenvalue weighted by molar-refractivity contribution is -0.0974. The van der Waals surface area contributed by atoms with Gasteiger partial charge in [0, 0.05) is 19.8 Å². The Morgan fingerprint density at radius 3 is 2.50 bits per heavy atom. The molecule has 0 saturated carbocycles. The van der Waals surface area contributed by atoms with Gasteiger partial charge in [-0.1, -0.05) is 6.07 Å². The molecule has 18 heavy (non-hydrogen) atoms. The van der Waals surface area contributed by atoms with Crippen LogP contribution in [-0.4, -0.2) is 40.1 Å². The Morgan fingerprint density at radius 2 is 1.94 bits per heavy atom. The molecule has 0 bridgehead atoms. The number of methoxy groups -OCH3 is 3. The average molecular weight is 253 g/mol. The summed E-state index contributed by atoms with van der Waals surface area (Å²) < 4.78 is 15.1. The minimum atomic E-state index is -0.445. The Labute approximate surface area is 107 Å². The van der Waals surface area contributed by atoms with Crippen LogP contribution in [0.15, 0.2) is 18.2 Å². The smallest absolute Gasteiger partial charge is 0.251 e. The molecule has 0 aliphatic rings. The van der Waals surface area contributed by atoms with E-state index in [9.17, 15) is 4.79 Å². The van der Waals surface area contributed by atoms with Gasteiger partial charge in [-0.3, -0.25) is 4.79 Å². The number of amides is 1. The van der Waals surface area contributed by atoms with Crippen LogP contribution in [0, 0.1) is 6.92 Å². The summed E-state index contributed by atoms with van der Waals surface area (Å²) in [5, 5.41) is 2.75. The second-order valence-electron chi connectivity index (χ2n) is 3.79. The third-order valence-corrected chi connectivity index (χ3v) is 2.64. The summed E-state index contributed by atoms with van der Waals surface area (Å²) >= 11 is 0. The van der Waals surface area contributed by atoms with Gasteiger partial charge in [0.15, 0.2) is 6.29 Å². The van der Waals surface area contributed by atoms with Crippen LogP contribution in [0.4, 0.5) is 0 Å². The third-order valence-electron chi connectivity index (χ3n) is 2.64. The van der Waals surface area contributed by atoms with Crippen molar-refractivity contribution >= 4 is 5.91 Å². The van der Waals surface area contributed by atoms with Crippen LogP contribution >= 0.6 is 0 Å². The number of ether oxygens (including phenoxy) is 3. The molecule has 0 aliphatic heterocycles. The van der Waals surface area contributed by atoms with Gasteiger partial charge in [-0.05, 0) is 24.6 Å². The molecule has 5 nitrogen and oxygen atoms in total. The fraction of sp³-hybridized carbons (Fsp3) is 0.462. The van der Waals surface area contributed by atoms with Crippen LogP contribution in [0.3, 0.4) is 0 Å². The third kappa shape index (κ3) is 3.72. The number of carbonyl (C=O) groups excluding carboxylic acids is 1. The molecule has 0 spiro atoms. The molecule has 100 valence electrons. The summed E-state index contributed by atoms with van der Waals surface area (Å²) in [6.07, 6.45) is -0.445. The Hall–Kier alpha value is -1.59. The second-order valence-corrected chi connectivity index (χ2v) is 3.79. The first kappa shape index (κ1) is 14.5. The van der Waals surface area contributed by atoms with Gasteiger partial charge in [-0.2, -0.15) is 0 Å². The molecule has 1 aromatic rings. The molecule has 0 radical (unpaired) electrons. The zero-order valence-electron chi connectivity index (χ0n) is 11.1. The van der Waals surface area contributed by atoms with E-state index < -0.39 is 6.29 Å². The minimum Gasteiger partial charge on any atom is -0.497 e. The summed E-state index contributed by atoms with van der Waals surface area (Å²) in [7, 11) is 4.62. The molecular weight excluding hydrogens is 234 g/mol. The standard InChI is InChI=1S/C13H19NO4/c1-9-5-6-10(16-2)7-11(9)13(15)14-8-12(17-3)18-4/h5-7,12H,8H2,1-4H3,(H,14,15). The van der Waals surface area contributed by atoms with Crippen molar-refractivity contribution in [2.75, 3.05) is 27.9 Å². The number of rotatable bonds is 6. The van der Waals surface area contributed by atoms with E-state index in [0.717, 1.165) is 5.56 Å². The van der Waals surface area contributed by atoms with E-state index in [2.05, 4.69) is 5.32 Å².